The standard InChI is InChI=1S/C16H27N3O2/c1-16(2,3)19-10-12-9-18-15(11-17-12)21-14-7-5-6-13(8-14)20-4/h9,11,13-14,19H,5-8,10H2,1-4H3. The van der Waals surface area contributed by atoms with Crippen LogP contribution in [0, 0.1) is 0 Å². The Morgan fingerprint density at radius 3 is 2.57 bits per heavy atom. The van der Waals surface area contributed by atoms with E-state index in [1.165, 1.54) is 0 Å². The maximum atomic E-state index is 5.91. The molecule has 1 aromatic rings. The molecule has 0 amide bonds. The maximum Gasteiger partial charge on any atom is 0.232 e. The van der Waals surface area contributed by atoms with E-state index in [0.29, 0.717) is 18.5 Å². The van der Waals surface area contributed by atoms with E-state index in [1.54, 1.807) is 19.5 Å². The molecule has 2 rings (SSSR count). The van der Waals surface area contributed by atoms with Crippen LogP contribution in [0.3, 0.4) is 0 Å². The Bertz CT molecular complexity index is 428. The molecule has 1 fully saturated rings. The van der Waals surface area contributed by atoms with Gasteiger partial charge in [0.05, 0.1) is 24.2 Å². The predicted octanol–water partition coefficient (Wildman–Crippen LogP) is 2.70. The third-order valence-corrected chi connectivity index (χ3v) is 3.68. The highest BCUT2D eigenvalue weighted by Gasteiger charge is 2.23. The van der Waals surface area contributed by atoms with Crippen LogP contribution in [0.15, 0.2) is 12.4 Å². The Kier molecular flexibility index (Phi) is 5.53. The molecule has 5 nitrogen and oxygen atoms in total. The van der Waals surface area contributed by atoms with Crippen LogP contribution in [0.2, 0.25) is 0 Å². The van der Waals surface area contributed by atoms with E-state index in [4.69, 9.17) is 9.47 Å². The third kappa shape index (κ3) is 5.59. The molecule has 118 valence electrons. The third-order valence-electron chi connectivity index (χ3n) is 3.68. The van der Waals surface area contributed by atoms with E-state index in [-0.39, 0.29) is 11.6 Å². The van der Waals surface area contributed by atoms with Gasteiger partial charge in [-0.1, -0.05) is 0 Å². The normalized spacial score (nSPS) is 23.0. The Labute approximate surface area is 127 Å². The van der Waals surface area contributed by atoms with Crippen molar-refractivity contribution >= 4 is 0 Å². The van der Waals surface area contributed by atoms with E-state index in [2.05, 4.69) is 36.1 Å². The van der Waals surface area contributed by atoms with Crippen LogP contribution in [-0.2, 0) is 11.3 Å². The zero-order chi connectivity index (χ0) is 15.3. The van der Waals surface area contributed by atoms with Crippen LogP contribution in [0.4, 0.5) is 0 Å². The molecule has 1 aliphatic carbocycles. The zero-order valence-corrected chi connectivity index (χ0v) is 13.6. The minimum absolute atomic E-state index is 0.0775. The lowest BCUT2D eigenvalue weighted by molar-refractivity contribution is 0.0193. The zero-order valence-electron chi connectivity index (χ0n) is 13.6. The first-order valence-electron chi connectivity index (χ1n) is 7.71. The summed E-state index contributed by atoms with van der Waals surface area (Å²) in [5.41, 5.74) is 1.00. The molecule has 1 N–H and O–H groups in total. The van der Waals surface area contributed by atoms with Gasteiger partial charge in [0.1, 0.15) is 6.10 Å². The van der Waals surface area contributed by atoms with Gasteiger partial charge in [-0.3, -0.25) is 4.98 Å². The van der Waals surface area contributed by atoms with E-state index in [1.807, 2.05) is 0 Å². The van der Waals surface area contributed by atoms with Gasteiger partial charge in [0.25, 0.3) is 0 Å². The number of nitrogens with one attached hydrogen (secondary N) is 1. The summed E-state index contributed by atoms with van der Waals surface area (Å²) in [5, 5.41) is 3.39. The fourth-order valence-corrected chi connectivity index (χ4v) is 2.44. The first-order chi connectivity index (χ1) is 9.96. The van der Waals surface area contributed by atoms with Crippen molar-refractivity contribution in [2.45, 2.75) is 70.7 Å². The van der Waals surface area contributed by atoms with Gasteiger partial charge < -0.3 is 14.8 Å². The van der Waals surface area contributed by atoms with Gasteiger partial charge >= 0.3 is 0 Å². The van der Waals surface area contributed by atoms with Crippen LogP contribution in [0.25, 0.3) is 0 Å². The molecule has 21 heavy (non-hydrogen) atoms. The SMILES string of the molecule is COC1CCCC(Oc2cnc(CNC(C)(C)C)cn2)C1. The minimum Gasteiger partial charge on any atom is -0.473 e. The van der Waals surface area contributed by atoms with Gasteiger partial charge in [0.15, 0.2) is 0 Å². The summed E-state index contributed by atoms with van der Waals surface area (Å²) in [6, 6.07) is 0. The van der Waals surface area contributed by atoms with Gasteiger partial charge in [-0.25, -0.2) is 4.98 Å². The molecular weight excluding hydrogens is 266 g/mol. The lowest BCUT2D eigenvalue weighted by Crippen LogP contribution is -2.35. The lowest BCUT2D eigenvalue weighted by Gasteiger charge is -2.28. The lowest BCUT2D eigenvalue weighted by atomic mass is 9.95. The summed E-state index contributed by atoms with van der Waals surface area (Å²) in [7, 11) is 1.77. The highest BCUT2D eigenvalue weighted by atomic mass is 16.5. The molecule has 1 aromatic heterocycles. The van der Waals surface area contributed by atoms with Crippen LogP contribution in [0.1, 0.15) is 52.1 Å². The summed E-state index contributed by atoms with van der Waals surface area (Å²) < 4.78 is 11.3. The number of nitrogens with zero attached hydrogens (tertiary/aromatic N) is 2. The van der Waals surface area contributed by atoms with Crippen molar-refractivity contribution < 1.29 is 9.47 Å². The summed E-state index contributed by atoms with van der Waals surface area (Å²) in [6.07, 6.45) is 8.27. The van der Waals surface area contributed by atoms with Crippen molar-refractivity contribution in [2.75, 3.05) is 7.11 Å². The summed E-state index contributed by atoms with van der Waals surface area (Å²) in [4.78, 5) is 8.76. The first-order valence-corrected chi connectivity index (χ1v) is 7.71. The summed E-state index contributed by atoms with van der Waals surface area (Å²) in [5.74, 6) is 0.608. The summed E-state index contributed by atoms with van der Waals surface area (Å²) >= 11 is 0. The Morgan fingerprint density at radius 2 is 1.95 bits per heavy atom. The van der Waals surface area contributed by atoms with Crippen molar-refractivity contribution in [2.24, 2.45) is 0 Å². The highest BCUT2D eigenvalue weighted by Crippen LogP contribution is 2.24. The second-order valence-corrected chi connectivity index (χ2v) is 6.71. The molecule has 0 radical (unpaired) electrons. The quantitative estimate of drug-likeness (QED) is 0.904. The largest absolute Gasteiger partial charge is 0.473 e. The van der Waals surface area contributed by atoms with Crippen molar-refractivity contribution in [1.82, 2.24) is 15.3 Å². The Hall–Kier alpha value is -1.20. The van der Waals surface area contributed by atoms with Crippen molar-refractivity contribution in [3.63, 3.8) is 0 Å². The van der Waals surface area contributed by atoms with Crippen molar-refractivity contribution in [1.29, 1.82) is 0 Å². The predicted molar refractivity (Wildman–Crippen MR) is 82.3 cm³/mol. The second-order valence-electron chi connectivity index (χ2n) is 6.71. The maximum absolute atomic E-state index is 5.91. The number of hydrogen-bond acceptors (Lipinski definition) is 5. The molecule has 0 bridgehead atoms. The average molecular weight is 293 g/mol. The number of rotatable bonds is 5. The van der Waals surface area contributed by atoms with Gasteiger partial charge in [-0.15, -0.1) is 0 Å². The van der Waals surface area contributed by atoms with Crippen molar-refractivity contribution in [3.05, 3.63) is 18.1 Å². The van der Waals surface area contributed by atoms with Crippen LogP contribution < -0.4 is 10.1 Å². The molecule has 0 spiro atoms. The monoisotopic (exact) mass is 293 g/mol. The average Bonchev–Trinajstić information content (AvgIpc) is 2.46. The van der Waals surface area contributed by atoms with Crippen molar-refractivity contribution in [3.8, 4) is 5.88 Å². The topological polar surface area (TPSA) is 56.3 Å². The van der Waals surface area contributed by atoms with Crippen LogP contribution in [-0.4, -0.2) is 34.8 Å². The van der Waals surface area contributed by atoms with Gasteiger partial charge in [-0.05, 0) is 40.0 Å². The Morgan fingerprint density at radius 1 is 1.19 bits per heavy atom. The van der Waals surface area contributed by atoms with E-state index in [0.717, 1.165) is 31.4 Å². The first kappa shape index (κ1) is 16.2. The smallest absolute Gasteiger partial charge is 0.232 e. The van der Waals surface area contributed by atoms with E-state index in [9.17, 15) is 0 Å². The van der Waals surface area contributed by atoms with Gasteiger partial charge in [0, 0.05) is 25.6 Å². The van der Waals surface area contributed by atoms with Gasteiger partial charge in [-0.2, -0.15) is 0 Å². The molecule has 2 unspecified atom stereocenters. The molecule has 1 heterocycles. The van der Waals surface area contributed by atoms with E-state index < -0.39 is 0 Å². The molecule has 1 aliphatic rings. The number of methoxy groups -OCH3 is 1. The highest BCUT2D eigenvalue weighted by molar-refractivity contribution is 5.08. The minimum atomic E-state index is 0.0775. The molecule has 2 atom stereocenters. The number of hydrogen-bond donors (Lipinski definition) is 1. The molecule has 5 heteroatoms. The number of ether oxygens (including phenoxy) is 2. The van der Waals surface area contributed by atoms with Crippen LogP contribution in [0.5, 0.6) is 5.88 Å². The molecule has 0 saturated heterocycles. The molecule has 0 aliphatic heterocycles. The molecule has 1 saturated carbocycles. The summed E-state index contributed by atoms with van der Waals surface area (Å²) in [6.45, 7) is 7.11. The van der Waals surface area contributed by atoms with Gasteiger partial charge in [0.2, 0.25) is 5.88 Å². The molecule has 0 aromatic carbocycles. The fraction of sp³-hybridized carbons (Fsp3) is 0.750. The number of aromatic nitrogens is 2. The fourth-order valence-electron chi connectivity index (χ4n) is 2.44. The Balaban J connectivity index is 1.84. The molecular formula is C16H27N3O2. The van der Waals surface area contributed by atoms with Crippen LogP contribution >= 0.6 is 0 Å². The van der Waals surface area contributed by atoms with E-state index >= 15 is 0 Å². The second kappa shape index (κ2) is 7.18.